The molecular formula is C18H15N5O2S2. The second-order valence-corrected chi connectivity index (χ2v) is 7.22. The molecule has 3 rings (SSSR count). The number of anilines is 1. The van der Waals surface area contributed by atoms with Gasteiger partial charge in [-0.25, -0.2) is 4.98 Å². The van der Waals surface area contributed by atoms with Gasteiger partial charge in [-0.05, 0) is 24.4 Å². The van der Waals surface area contributed by atoms with Crippen LogP contribution in [0.1, 0.15) is 0 Å². The van der Waals surface area contributed by atoms with Crippen molar-refractivity contribution in [2.24, 2.45) is 0 Å². The van der Waals surface area contributed by atoms with Crippen LogP contribution in [0.15, 0.2) is 54.1 Å². The Kier molecular flexibility index (Phi) is 5.59. The number of benzene rings is 1. The van der Waals surface area contributed by atoms with E-state index in [4.69, 9.17) is 17.5 Å². The van der Waals surface area contributed by atoms with Gasteiger partial charge in [0.15, 0.2) is 9.60 Å². The Morgan fingerprint density at radius 3 is 2.81 bits per heavy atom. The van der Waals surface area contributed by atoms with E-state index in [0.29, 0.717) is 26.5 Å². The molecule has 0 N–H and O–H groups in total. The van der Waals surface area contributed by atoms with E-state index in [1.54, 1.807) is 34.9 Å². The molecule has 2 aromatic heterocycles. The Balaban J connectivity index is 1.96. The number of carbonyl (C=O) groups is 1. The van der Waals surface area contributed by atoms with Gasteiger partial charge in [0, 0.05) is 12.2 Å². The fourth-order valence-electron chi connectivity index (χ4n) is 2.61. The lowest BCUT2D eigenvalue weighted by Gasteiger charge is -2.20. The van der Waals surface area contributed by atoms with Gasteiger partial charge in [0.05, 0.1) is 6.07 Å². The quantitative estimate of drug-likeness (QED) is 0.363. The highest BCUT2D eigenvalue weighted by molar-refractivity contribution is 7.73. The second kappa shape index (κ2) is 8.07. The lowest BCUT2D eigenvalue weighted by Crippen LogP contribution is -2.37. The molecule has 0 fully saturated rings. The number of thiazole rings is 1. The molecule has 7 nitrogen and oxygen atoms in total. The van der Waals surface area contributed by atoms with Crippen molar-refractivity contribution in [3.8, 4) is 6.07 Å². The standard InChI is InChI=1S/C18H15N5O2S2/c1-2-9-23-16-15(27-18(23)26)17(25)21(12-20-16)11-14(24)22(10-8-19)13-6-4-3-5-7-13/h2-7,12H,1,9-11H2. The van der Waals surface area contributed by atoms with Crippen molar-refractivity contribution in [1.82, 2.24) is 14.1 Å². The van der Waals surface area contributed by atoms with Gasteiger partial charge in [-0.3, -0.25) is 19.1 Å². The van der Waals surface area contributed by atoms with Crippen molar-refractivity contribution >= 4 is 45.5 Å². The number of amides is 1. The number of para-hydroxylation sites is 1. The fourth-order valence-corrected chi connectivity index (χ4v) is 3.92. The topological polar surface area (TPSA) is 83.9 Å². The molecule has 0 aliphatic rings. The van der Waals surface area contributed by atoms with E-state index in [0.717, 1.165) is 11.3 Å². The number of allylic oxidation sites excluding steroid dienone is 1. The average molecular weight is 397 g/mol. The van der Waals surface area contributed by atoms with Crippen molar-refractivity contribution in [1.29, 1.82) is 5.26 Å². The molecule has 9 heteroatoms. The Hall–Kier alpha value is -3.09. The van der Waals surface area contributed by atoms with Gasteiger partial charge >= 0.3 is 0 Å². The summed E-state index contributed by atoms with van der Waals surface area (Å²) in [4.78, 5) is 31.1. The molecular weight excluding hydrogens is 382 g/mol. The van der Waals surface area contributed by atoms with Gasteiger partial charge in [0.25, 0.3) is 5.56 Å². The minimum Gasteiger partial charge on any atom is -0.304 e. The average Bonchev–Trinajstić information content (AvgIpc) is 2.99. The summed E-state index contributed by atoms with van der Waals surface area (Å²) in [5.74, 6) is -0.375. The third-order valence-electron chi connectivity index (χ3n) is 3.86. The van der Waals surface area contributed by atoms with Crippen molar-refractivity contribution in [3.05, 3.63) is 63.6 Å². The Morgan fingerprint density at radius 1 is 1.41 bits per heavy atom. The second-order valence-electron chi connectivity index (χ2n) is 5.57. The summed E-state index contributed by atoms with van der Waals surface area (Å²) in [5, 5.41) is 9.05. The summed E-state index contributed by atoms with van der Waals surface area (Å²) in [6, 6.07) is 10.8. The van der Waals surface area contributed by atoms with Gasteiger partial charge in [0.2, 0.25) is 5.91 Å². The van der Waals surface area contributed by atoms with Crippen molar-refractivity contribution < 1.29 is 4.79 Å². The summed E-state index contributed by atoms with van der Waals surface area (Å²) in [6.45, 7) is 3.81. The van der Waals surface area contributed by atoms with E-state index in [1.165, 1.54) is 15.8 Å². The molecule has 3 aromatic rings. The highest BCUT2D eigenvalue weighted by Gasteiger charge is 2.18. The molecule has 0 aliphatic heterocycles. The van der Waals surface area contributed by atoms with Crippen LogP contribution in [0.3, 0.4) is 0 Å². The van der Waals surface area contributed by atoms with Gasteiger partial charge in [0.1, 0.15) is 24.1 Å². The molecule has 0 radical (unpaired) electrons. The number of nitrogens with zero attached hydrogens (tertiary/aromatic N) is 5. The van der Waals surface area contributed by atoms with E-state index in [-0.39, 0.29) is 24.6 Å². The lowest BCUT2D eigenvalue weighted by molar-refractivity contribution is -0.119. The van der Waals surface area contributed by atoms with Crippen LogP contribution in [0, 0.1) is 15.3 Å². The Bertz CT molecular complexity index is 1150. The van der Waals surface area contributed by atoms with Crippen molar-refractivity contribution in [3.63, 3.8) is 0 Å². The number of hydrogen-bond donors (Lipinski definition) is 0. The molecule has 1 amide bonds. The Labute approximate surface area is 164 Å². The monoisotopic (exact) mass is 397 g/mol. The summed E-state index contributed by atoms with van der Waals surface area (Å²) in [7, 11) is 0. The highest BCUT2D eigenvalue weighted by Crippen LogP contribution is 2.18. The van der Waals surface area contributed by atoms with Crippen LogP contribution in [-0.2, 0) is 17.9 Å². The minimum absolute atomic E-state index is 0.109. The molecule has 1 aromatic carbocycles. The van der Waals surface area contributed by atoms with Crippen LogP contribution in [0.4, 0.5) is 5.69 Å². The van der Waals surface area contributed by atoms with Crippen LogP contribution in [-0.4, -0.2) is 26.6 Å². The molecule has 0 saturated heterocycles. The largest absolute Gasteiger partial charge is 0.304 e. The van der Waals surface area contributed by atoms with Crippen LogP contribution in [0.25, 0.3) is 10.3 Å². The summed E-state index contributed by atoms with van der Waals surface area (Å²) < 4.78 is 3.88. The van der Waals surface area contributed by atoms with E-state index in [2.05, 4.69) is 11.6 Å². The molecule has 27 heavy (non-hydrogen) atoms. The van der Waals surface area contributed by atoms with Crippen LogP contribution >= 0.6 is 23.6 Å². The third-order valence-corrected chi connectivity index (χ3v) is 5.28. The minimum atomic E-state index is -0.375. The summed E-state index contributed by atoms with van der Waals surface area (Å²) in [5.41, 5.74) is 0.742. The predicted octanol–water partition coefficient (Wildman–Crippen LogP) is 2.73. The zero-order valence-corrected chi connectivity index (χ0v) is 15.9. The lowest BCUT2D eigenvalue weighted by atomic mass is 10.3. The van der Waals surface area contributed by atoms with Gasteiger partial charge in [-0.1, -0.05) is 35.6 Å². The molecule has 0 aliphatic carbocycles. The molecule has 0 saturated carbocycles. The number of aromatic nitrogens is 3. The van der Waals surface area contributed by atoms with E-state index < -0.39 is 0 Å². The van der Waals surface area contributed by atoms with Gasteiger partial charge in [-0.2, -0.15) is 5.26 Å². The first-order valence-electron chi connectivity index (χ1n) is 7.99. The number of rotatable bonds is 6. The van der Waals surface area contributed by atoms with E-state index in [1.807, 2.05) is 12.1 Å². The van der Waals surface area contributed by atoms with Gasteiger partial charge < -0.3 is 4.57 Å². The molecule has 0 unspecified atom stereocenters. The highest BCUT2D eigenvalue weighted by atomic mass is 32.1. The summed E-state index contributed by atoms with van der Waals surface area (Å²) in [6.07, 6.45) is 3.01. The van der Waals surface area contributed by atoms with E-state index >= 15 is 0 Å². The van der Waals surface area contributed by atoms with Gasteiger partial charge in [-0.15, -0.1) is 6.58 Å². The first-order chi connectivity index (χ1) is 13.1. The SMILES string of the molecule is C=CCn1c(=S)sc2c(=O)n(CC(=O)N(CC#N)c3ccccc3)cnc21. The van der Waals surface area contributed by atoms with Crippen LogP contribution < -0.4 is 10.5 Å². The predicted molar refractivity (Wildman–Crippen MR) is 107 cm³/mol. The van der Waals surface area contributed by atoms with Crippen LogP contribution in [0.2, 0.25) is 0 Å². The third kappa shape index (κ3) is 3.72. The maximum Gasteiger partial charge on any atom is 0.273 e. The zero-order chi connectivity index (χ0) is 19.4. The molecule has 2 heterocycles. The zero-order valence-electron chi connectivity index (χ0n) is 14.2. The first kappa shape index (κ1) is 18.7. The number of hydrogen-bond acceptors (Lipinski definition) is 6. The first-order valence-corrected chi connectivity index (χ1v) is 9.21. The number of carbonyl (C=O) groups excluding carboxylic acids is 1. The molecule has 0 bridgehead atoms. The number of nitriles is 1. The van der Waals surface area contributed by atoms with Crippen molar-refractivity contribution in [2.45, 2.75) is 13.1 Å². The normalized spacial score (nSPS) is 10.5. The Morgan fingerprint density at radius 2 is 2.15 bits per heavy atom. The summed E-state index contributed by atoms with van der Waals surface area (Å²) >= 11 is 6.44. The smallest absolute Gasteiger partial charge is 0.273 e. The van der Waals surface area contributed by atoms with Crippen LogP contribution in [0.5, 0.6) is 0 Å². The van der Waals surface area contributed by atoms with Crippen molar-refractivity contribution in [2.75, 3.05) is 11.4 Å². The molecule has 0 atom stereocenters. The molecule has 136 valence electrons. The molecule has 0 spiro atoms. The fraction of sp³-hybridized carbons (Fsp3) is 0.167. The van der Waals surface area contributed by atoms with E-state index in [9.17, 15) is 9.59 Å². The number of fused-ring (bicyclic) bond motifs is 1. The maximum absolute atomic E-state index is 12.8. The maximum atomic E-state index is 12.8.